The van der Waals surface area contributed by atoms with E-state index < -0.39 is 30.4 Å². The fraction of sp³-hybridized carbons (Fsp3) is 0.500. The summed E-state index contributed by atoms with van der Waals surface area (Å²) in [7, 11) is 0. The second-order valence-electron chi connectivity index (χ2n) is 6.28. The molecule has 0 saturated carbocycles. The lowest BCUT2D eigenvalue weighted by Gasteiger charge is -2.24. The number of carboxylic acids is 1. The molecule has 8 heteroatoms. The van der Waals surface area contributed by atoms with E-state index in [4.69, 9.17) is 11.8 Å². The first-order valence-electron chi connectivity index (χ1n) is 7.73. The maximum absolute atomic E-state index is 12.5. The molecule has 134 valence electrons. The van der Waals surface area contributed by atoms with Crippen LogP contribution in [0.1, 0.15) is 25.8 Å². The minimum absolute atomic E-state index is 0.126. The summed E-state index contributed by atoms with van der Waals surface area (Å²) in [6.45, 7) is 5.25. The molecule has 1 aromatic carbocycles. The first kappa shape index (κ1) is 20.8. The van der Waals surface area contributed by atoms with Crippen molar-refractivity contribution in [1.82, 2.24) is 10.4 Å². The van der Waals surface area contributed by atoms with Crippen molar-refractivity contribution in [1.29, 1.82) is 0 Å². The second-order valence-corrected chi connectivity index (χ2v) is 10.4. The third-order valence-corrected chi connectivity index (χ3v) is 4.42. The van der Waals surface area contributed by atoms with Gasteiger partial charge in [0.15, 0.2) is 0 Å². The smallest absolute Gasteiger partial charge is 0.326 e. The molecule has 3 atom stereocenters. The van der Waals surface area contributed by atoms with Crippen LogP contribution in [0, 0.1) is 5.92 Å². The third kappa shape index (κ3) is 8.02. The van der Waals surface area contributed by atoms with Crippen molar-refractivity contribution in [3.8, 4) is 0 Å². The largest absolute Gasteiger partial charge is 0.480 e. The van der Waals surface area contributed by atoms with Gasteiger partial charge >= 0.3 is 5.97 Å². The third-order valence-electron chi connectivity index (χ3n) is 3.32. The van der Waals surface area contributed by atoms with Gasteiger partial charge < -0.3 is 15.3 Å². The topological polar surface area (TPSA) is 98.7 Å². The fourth-order valence-corrected chi connectivity index (χ4v) is 3.47. The fourth-order valence-electron chi connectivity index (χ4n) is 2.30. The van der Waals surface area contributed by atoms with Crippen LogP contribution in [0.15, 0.2) is 30.3 Å². The Bertz CT molecular complexity index is 603. The van der Waals surface area contributed by atoms with E-state index in [-0.39, 0.29) is 5.92 Å². The molecule has 24 heavy (non-hydrogen) atoms. The second kappa shape index (κ2) is 9.28. The molecule has 0 bridgehead atoms. The van der Waals surface area contributed by atoms with Gasteiger partial charge in [-0.3, -0.25) is 9.88 Å². The first-order chi connectivity index (χ1) is 11.1. The highest BCUT2D eigenvalue weighted by Crippen LogP contribution is 2.31. The molecule has 0 spiro atoms. The van der Waals surface area contributed by atoms with Gasteiger partial charge in [-0.1, -0.05) is 56.0 Å². The number of rotatable bonds is 9. The van der Waals surface area contributed by atoms with E-state index in [0.29, 0.717) is 12.8 Å². The number of carboxylic acid groups (broad SMARTS) is 1. The van der Waals surface area contributed by atoms with E-state index in [0.717, 1.165) is 5.56 Å². The molecule has 1 amide bonds. The van der Waals surface area contributed by atoms with Gasteiger partial charge in [-0.25, -0.2) is 4.79 Å². The molecular formula is C16H25N2O4PS. The van der Waals surface area contributed by atoms with Crippen LogP contribution in [0.25, 0.3) is 0 Å². The zero-order valence-electron chi connectivity index (χ0n) is 14.1. The van der Waals surface area contributed by atoms with Gasteiger partial charge in [0.2, 0.25) is 5.91 Å². The molecule has 1 aromatic rings. The molecule has 0 fully saturated rings. The maximum Gasteiger partial charge on any atom is 0.326 e. The molecule has 1 rings (SSSR count). The first-order valence-corrected chi connectivity index (χ1v) is 10.9. The molecule has 0 aliphatic carbocycles. The number of carbonyl (C=O) groups is 2. The Balaban J connectivity index is 2.90. The lowest BCUT2D eigenvalue weighted by molar-refractivity contribution is -0.142. The van der Waals surface area contributed by atoms with Crippen molar-refractivity contribution in [3.05, 3.63) is 35.9 Å². The van der Waals surface area contributed by atoms with E-state index >= 15 is 0 Å². The monoisotopic (exact) mass is 372 g/mol. The molecule has 4 N–H and O–H groups in total. The van der Waals surface area contributed by atoms with Gasteiger partial charge in [-0.15, -0.1) is 0 Å². The van der Waals surface area contributed by atoms with Gasteiger partial charge in [0, 0.05) is 6.66 Å². The van der Waals surface area contributed by atoms with Crippen molar-refractivity contribution in [2.45, 2.75) is 38.8 Å². The van der Waals surface area contributed by atoms with Crippen molar-refractivity contribution in [3.63, 3.8) is 0 Å². The molecule has 0 radical (unpaired) electrons. The minimum Gasteiger partial charge on any atom is -0.480 e. The SMILES string of the molecule is CC(C)CC(NC(=O)C(Cc1ccccc1)NP(C)(O)=S)C(=O)O. The van der Waals surface area contributed by atoms with Crippen LogP contribution in [0.5, 0.6) is 0 Å². The van der Waals surface area contributed by atoms with E-state index in [2.05, 4.69) is 10.4 Å². The summed E-state index contributed by atoms with van der Waals surface area (Å²) in [5.41, 5.74) is 0.893. The molecule has 0 heterocycles. The van der Waals surface area contributed by atoms with Crippen molar-refractivity contribution < 1.29 is 19.6 Å². The zero-order chi connectivity index (χ0) is 18.3. The number of carbonyl (C=O) groups excluding carboxylic acids is 1. The van der Waals surface area contributed by atoms with Crippen LogP contribution < -0.4 is 10.4 Å². The maximum atomic E-state index is 12.5. The highest BCUT2D eigenvalue weighted by atomic mass is 32.4. The summed E-state index contributed by atoms with van der Waals surface area (Å²) in [5.74, 6) is -1.42. The Kier molecular flexibility index (Phi) is 8.03. The summed E-state index contributed by atoms with van der Waals surface area (Å²) in [4.78, 5) is 33.8. The molecule has 3 unspecified atom stereocenters. The van der Waals surface area contributed by atoms with Gasteiger partial charge in [0.1, 0.15) is 12.5 Å². The number of hydrogen-bond donors (Lipinski definition) is 4. The molecule has 0 aromatic heterocycles. The summed E-state index contributed by atoms with van der Waals surface area (Å²) in [6, 6.07) is 7.54. The number of aliphatic carboxylic acids is 1. The summed E-state index contributed by atoms with van der Waals surface area (Å²) < 4.78 is 0. The Morgan fingerprint density at radius 2 is 1.79 bits per heavy atom. The predicted octanol–water partition coefficient (Wildman–Crippen LogP) is 1.73. The summed E-state index contributed by atoms with van der Waals surface area (Å²) >= 11 is 4.99. The molecule has 0 aliphatic rings. The normalized spacial score (nSPS) is 16.2. The average Bonchev–Trinajstić information content (AvgIpc) is 2.45. The van der Waals surface area contributed by atoms with Crippen LogP contribution in [-0.2, 0) is 27.8 Å². The molecule has 0 aliphatic heterocycles. The molecule has 0 saturated heterocycles. The van der Waals surface area contributed by atoms with Crippen LogP contribution >= 0.6 is 6.42 Å². The Morgan fingerprint density at radius 1 is 1.21 bits per heavy atom. The minimum atomic E-state index is -2.83. The van der Waals surface area contributed by atoms with E-state index in [1.165, 1.54) is 6.66 Å². The summed E-state index contributed by atoms with van der Waals surface area (Å²) in [5, 5.41) is 14.6. The zero-order valence-corrected chi connectivity index (χ0v) is 15.8. The van der Waals surface area contributed by atoms with Crippen LogP contribution in [-0.4, -0.2) is 40.6 Å². The van der Waals surface area contributed by atoms with Gasteiger partial charge in [0.25, 0.3) is 0 Å². The van der Waals surface area contributed by atoms with Crippen LogP contribution in [0.3, 0.4) is 0 Å². The van der Waals surface area contributed by atoms with Crippen LogP contribution in [0.2, 0.25) is 0 Å². The van der Waals surface area contributed by atoms with Crippen LogP contribution in [0.4, 0.5) is 0 Å². The van der Waals surface area contributed by atoms with Crippen molar-refractivity contribution in [2.24, 2.45) is 5.92 Å². The van der Waals surface area contributed by atoms with Gasteiger partial charge in [-0.2, -0.15) is 0 Å². The number of benzene rings is 1. The standard InChI is InChI=1S/C16H25N2O4PS/c1-11(2)9-14(16(20)21)17-15(19)13(18-23(3,22)24)10-12-7-5-4-6-8-12/h4-8,11,13-14H,9-10H2,1-3H3,(H,17,19)(H,20,21)(H2,18,22,24). The number of nitrogens with one attached hydrogen (secondary N) is 2. The van der Waals surface area contributed by atoms with Crippen molar-refractivity contribution in [2.75, 3.05) is 6.66 Å². The predicted molar refractivity (Wildman–Crippen MR) is 98.5 cm³/mol. The number of amides is 1. The molecular weight excluding hydrogens is 347 g/mol. The Labute approximate surface area is 147 Å². The number of hydrogen-bond acceptors (Lipinski definition) is 3. The van der Waals surface area contributed by atoms with Gasteiger partial charge in [-0.05, 0) is 24.3 Å². The average molecular weight is 372 g/mol. The molecule has 6 nitrogen and oxygen atoms in total. The Hall–Kier alpha value is -1.27. The lowest BCUT2D eigenvalue weighted by atomic mass is 10.0. The van der Waals surface area contributed by atoms with Gasteiger partial charge in [0.05, 0.1) is 6.04 Å². The Morgan fingerprint density at radius 3 is 2.25 bits per heavy atom. The quantitative estimate of drug-likeness (QED) is 0.493. The van der Waals surface area contributed by atoms with Crippen molar-refractivity contribution >= 4 is 30.1 Å². The highest BCUT2D eigenvalue weighted by Gasteiger charge is 2.27. The highest BCUT2D eigenvalue weighted by molar-refractivity contribution is 8.10. The summed E-state index contributed by atoms with van der Waals surface area (Å²) in [6.07, 6.45) is -2.19. The van der Waals surface area contributed by atoms with E-state index in [9.17, 15) is 19.6 Å². The van der Waals surface area contributed by atoms with E-state index in [1.807, 2.05) is 44.2 Å². The van der Waals surface area contributed by atoms with E-state index in [1.54, 1.807) is 0 Å². The lowest BCUT2D eigenvalue weighted by Crippen LogP contribution is -2.50.